The fourth-order valence-electron chi connectivity index (χ4n) is 2.89. The fourth-order valence-corrected chi connectivity index (χ4v) is 2.89. The minimum Gasteiger partial charge on any atom is -0.372 e. The van der Waals surface area contributed by atoms with Crippen molar-refractivity contribution in [3.63, 3.8) is 0 Å². The predicted octanol–water partition coefficient (Wildman–Crippen LogP) is 3.77. The van der Waals surface area contributed by atoms with E-state index >= 15 is 0 Å². The topological polar surface area (TPSA) is 54.3 Å². The zero-order valence-corrected chi connectivity index (χ0v) is 14.9. The van der Waals surface area contributed by atoms with Gasteiger partial charge < -0.3 is 4.90 Å². The Bertz CT molecular complexity index is 856. The van der Waals surface area contributed by atoms with Crippen molar-refractivity contribution in [2.24, 2.45) is 0 Å². The average Bonchev–Trinajstić information content (AvgIpc) is 3.09. The van der Waals surface area contributed by atoms with Gasteiger partial charge in [-0.2, -0.15) is 4.68 Å². The van der Waals surface area contributed by atoms with E-state index < -0.39 is 0 Å². The summed E-state index contributed by atoms with van der Waals surface area (Å²) in [5.41, 5.74) is 3.40. The zero-order chi connectivity index (χ0) is 17.8. The quantitative estimate of drug-likeness (QED) is 0.711. The Morgan fingerprint density at radius 1 is 1.04 bits per heavy atom. The summed E-state index contributed by atoms with van der Waals surface area (Å²) < 4.78 is 1.33. The third-order valence-corrected chi connectivity index (χ3v) is 4.30. The number of amides is 1. The molecule has 0 aliphatic heterocycles. The molecule has 2 aromatic carbocycles. The number of benzene rings is 2. The van der Waals surface area contributed by atoms with Crippen molar-refractivity contribution in [1.82, 2.24) is 15.0 Å². The molecule has 6 nitrogen and oxygen atoms in total. The van der Waals surface area contributed by atoms with Crippen LogP contribution < -0.4 is 9.80 Å². The number of anilines is 2. The Labute approximate surface area is 147 Å². The number of aromatic nitrogens is 3. The molecule has 0 saturated heterocycles. The standard InChI is InChI=1S/C19H23N5O/c1-4-14-23(5-2)16-12-10-15(11-13-16)22(3)19(25)24-18-9-7-6-8-17(18)20-21-24/h6-13H,4-5,14H2,1-3H3. The van der Waals surface area contributed by atoms with Crippen molar-refractivity contribution in [1.29, 1.82) is 0 Å². The van der Waals surface area contributed by atoms with Crippen molar-refractivity contribution in [2.75, 3.05) is 29.9 Å². The van der Waals surface area contributed by atoms with Gasteiger partial charge in [0, 0.05) is 31.5 Å². The maximum Gasteiger partial charge on any atom is 0.350 e. The highest BCUT2D eigenvalue weighted by Gasteiger charge is 2.17. The summed E-state index contributed by atoms with van der Waals surface area (Å²) in [5, 5.41) is 8.04. The molecular formula is C19H23N5O. The lowest BCUT2D eigenvalue weighted by Gasteiger charge is -2.23. The van der Waals surface area contributed by atoms with E-state index in [1.54, 1.807) is 11.9 Å². The molecule has 1 heterocycles. The minimum atomic E-state index is -0.234. The summed E-state index contributed by atoms with van der Waals surface area (Å²) in [6.45, 7) is 6.31. The molecule has 3 aromatic rings. The molecule has 0 N–H and O–H groups in total. The molecular weight excluding hydrogens is 314 g/mol. The van der Waals surface area contributed by atoms with E-state index in [0.29, 0.717) is 11.0 Å². The molecule has 6 heteroatoms. The van der Waals surface area contributed by atoms with E-state index in [1.807, 2.05) is 36.4 Å². The van der Waals surface area contributed by atoms with E-state index in [9.17, 15) is 4.79 Å². The Hall–Kier alpha value is -2.89. The van der Waals surface area contributed by atoms with Gasteiger partial charge in [0.15, 0.2) is 0 Å². The summed E-state index contributed by atoms with van der Waals surface area (Å²) in [5.74, 6) is 0. The van der Waals surface area contributed by atoms with Gasteiger partial charge in [-0.3, -0.25) is 4.90 Å². The van der Waals surface area contributed by atoms with Gasteiger partial charge in [-0.15, -0.1) is 5.10 Å². The van der Waals surface area contributed by atoms with Crippen molar-refractivity contribution in [2.45, 2.75) is 20.3 Å². The smallest absolute Gasteiger partial charge is 0.350 e. The molecule has 0 atom stereocenters. The van der Waals surface area contributed by atoms with E-state index in [0.717, 1.165) is 25.2 Å². The molecule has 0 unspecified atom stereocenters. The molecule has 0 radical (unpaired) electrons. The molecule has 1 amide bonds. The molecule has 3 rings (SSSR count). The Morgan fingerprint density at radius 2 is 1.72 bits per heavy atom. The Kier molecular flexibility index (Phi) is 4.97. The normalized spacial score (nSPS) is 10.8. The number of rotatable bonds is 5. The number of carbonyl (C=O) groups excluding carboxylic acids is 1. The van der Waals surface area contributed by atoms with Gasteiger partial charge >= 0.3 is 6.03 Å². The second kappa shape index (κ2) is 7.34. The first-order valence-corrected chi connectivity index (χ1v) is 8.59. The highest BCUT2D eigenvalue weighted by Crippen LogP contribution is 2.21. The van der Waals surface area contributed by atoms with Gasteiger partial charge in [-0.25, -0.2) is 4.79 Å². The van der Waals surface area contributed by atoms with E-state index in [4.69, 9.17) is 0 Å². The molecule has 1 aromatic heterocycles. The van der Waals surface area contributed by atoms with Gasteiger partial charge in [0.1, 0.15) is 5.52 Å². The second-order valence-corrected chi connectivity index (χ2v) is 5.93. The Morgan fingerprint density at radius 3 is 2.40 bits per heavy atom. The average molecular weight is 337 g/mol. The monoisotopic (exact) mass is 337 g/mol. The fraction of sp³-hybridized carbons (Fsp3) is 0.316. The lowest BCUT2D eigenvalue weighted by molar-refractivity contribution is 0.246. The third-order valence-electron chi connectivity index (χ3n) is 4.30. The number of hydrogen-bond donors (Lipinski definition) is 0. The minimum absolute atomic E-state index is 0.234. The lowest BCUT2D eigenvalue weighted by Crippen LogP contribution is -2.31. The number of para-hydroxylation sites is 1. The molecule has 0 spiro atoms. The van der Waals surface area contributed by atoms with Gasteiger partial charge in [-0.1, -0.05) is 24.3 Å². The van der Waals surface area contributed by atoms with Crippen LogP contribution in [-0.2, 0) is 0 Å². The molecule has 0 fully saturated rings. The zero-order valence-electron chi connectivity index (χ0n) is 14.9. The molecule has 130 valence electrons. The van der Waals surface area contributed by atoms with Crippen molar-refractivity contribution >= 4 is 28.4 Å². The van der Waals surface area contributed by atoms with E-state index in [1.165, 1.54) is 10.4 Å². The molecule has 0 bridgehead atoms. The lowest BCUT2D eigenvalue weighted by atomic mass is 10.2. The maximum absolute atomic E-state index is 12.8. The SMILES string of the molecule is CCCN(CC)c1ccc(N(C)C(=O)n2nnc3ccccc32)cc1. The largest absolute Gasteiger partial charge is 0.372 e. The van der Waals surface area contributed by atoms with Crippen LogP contribution in [0.4, 0.5) is 16.2 Å². The van der Waals surface area contributed by atoms with Crippen LogP contribution in [0.15, 0.2) is 48.5 Å². The van der Waals surface area contributed by atoms with Crippen LogP contribution in [0.2, 0.25) is 0 Å². The first kappa shape index (κ1) is 17.0. The van der Waals surface area contributed by atoms with Crippen LogP contribution in [0.1, 0.15) is 20.3 Å². The highest BCUT2D eigenvalue weighted by atomic mass is 16.2. The molecule has 0 aliphatic rings. The summed E-state index contributed by atoms with van der Waals surface area (Å²) >= 11 is 0. The van der Waals surface area contributed by atoms with Crippen molar-refractivity contribution < 1.29 is 4.79 Å². The van der Waals surface area contributed by atoms with Gasteiger partial charge in [-0.05, 0) is 49.7 Å². The molecule has 0 saturated carbocycles. The summed E-state index contributed by atoms with van der Waals surface area (Å²) in [6.07, 6.45) is 1.10. The third kappa shape index (κ3) is 3.33. The van der Waals surface area contributed by atoms with Crippen LogP contribution >= 0.6 is 0 Å². The van der Waals surface area contributed by atoms with Crippen LogP contribution in [0, 0.1) is 0 Å². The van der Waals surface area contributed by atoms with Crippen molar-refractivity contribution in [3.8, 4) is 0 Å². The number of fused-ring (bicyclic) bond motifs is 1. The van der Waals surface area contributed by atoms with Crippen LogP contribution in [0.3, 0.4) is 0 Å². The maximum atomic E-state index is 12.8. The van der Waals surface area contributed by atoms with Gasteiger partial charge in [0.25, 0.3) is 0 Å². The van der Waals surface area contributed by atoms with Crippen LogP contribution in [0.25, 0.3) is 11.0 Å². The number of hydrogen-bond acceptors (Lipinski definition) is 4. The highest BCUT2D eigenvalue weighted by molar-refractivity contribution is 5.97. The Balaban J connectivity index is 1.83. The molecule has 0 aliphatic carbocycles. The number of nitrogens with zero attached hydrogens (tertiary/aromatic N) is 5. The number of carbonyl (C=O) groups is 1. The van der Waals surface area contributed by atoms with Gasteiger partial charge in [0.2, 0.25) is 0 Å². The van der Waals surface area contributed by atoms with Crippen LogP contribution in [0.5, 0.6) is 0 Å². The van der Waals surface area contributed by atoms with E-state index in [2.05, 4.69) is 41.2 Å². The first-order chi connectivity index (χ1) is 12.2. The summed E-state index contributed by atoms with van der Waals surface area (Å²) in [4.78, 5) is 16.7. The van der Waals surface area contributed by atoms with Gasteiger partial charge in [0.05, 0.1) is 5.52 Å². The van der Waals surface area contributed by atoms with E-state index in [-0.39, 0.29) is 6.03 Å². The van der Waals surface area contributed by atoms with Crippen molar-refractivity contribution in [3.05, 3.63) is 48.5 Å². The first-order valence-electron chi connectivity index (χ1n) is 8.59. The molecule has 25 heavy (non-hydrogen) atoms. The predicted molar refractivity (Wildman–Crippen MR) is 101 cm³/mol. The second-order valence-electron chi connectivity index (χ2n) is 5.93. The summed E-state index contributed by atoms with van der Waals surface area (Å²) in [7, 11) is 1.75. The summed E-state index contributed by atoms with van der Waals surface area (Å²) in [6, 6.07) is 15.2. The van der Waals surface area contributed by atoms with Crippen LogP contribution in [-0.4, -0.2) is 41.2 Å².